The first-order chi connectivity index (χ1) is 37.7. The second-order valence-electron chi connectivity index (χ2n) is 20.7. The topological polar surface area (TPSA) is 69.6 Å². The normalized spacial score (nSPS) is 13.9. The molecule has 4 nitrogen and oxygen atoms in total. The van der Waals surface area contributed by atoms with Crippen LogP contribution in [-0.2, 0) is 4.79 Å². The van der Waals surface area contributed by atoms with E-state index in [1.165, 1.54) is 128 Å². The second-order valence-corrected chi connectivity index (χ2v) is 20.7. The van der Waals surface area contributed by atoms with Gasteiger partial charge in [-0.25, -0.2) is 0 Å². The fourth-order valence-corrected chi connectivity index (χ4v) is 8.75. The van der Waals surface area contributed by atoms with E-state index in [2.05, 4.69) is 165 Å². The van der Waals surface area contributed by atoms with Gasteiger partial charge in [0.15, 0.2) is 0 Å². The second kappa shape index (κ2) is 65.3. The van der Waals surface area contributed by atoms with Crippen molar-refractivity contribution >= 4 is 5.91 Å². The SMILES string of the molecule is CC/C=C\C/C=C\C/C=C\C/C=C\C/C=C\C/C=C\C/C=C\C/C=C\C/C=C\C/C=C\C/C=C\C/C=C\CCCCCCC(=O)NC(CO)C(O)/C=C/CCCCCCCCCCCCCCCCCCCCCCC. The van der Waals surface area contributed by atoms with Crippen molar-refractivity contribution in [2.45, 2.75) is 283 Å². The minimum absolute atomic E-state index is 0.0925. The molecule has 0 bridgehead atoms. The highest BCUT2D eigenvalue weighted by atomic mass is 16.3. The molecule has 0 radical (unpaired) electrons. The Morgan fingerprint density at radius 3 is 0.868 bits per heavy atom. The standard InChI is InChI=1S/C72H119NO3/c1-3-5-7-9-11-13-15-17-19-21-23-25-27-28-29-30-31-32-33-34-35-36-37-38-39-40-41-42-43-44-46-48-50-52-54-56-58-60-62-64-66-68-72(76)73-70(69-74)71(75)67-65-63-61-59-57-55-53-51-49-47-45-26-24-22-20-18-16-14-12-10-8-6-4-2/h5,7,11,13,17,19,23,25,28-29,31-32,34-35,37-38,40-41,43-44,48,50,54,56,65,67,70-71,74-75H,3-4,6,8-10,12,14-16,18,20-22,24,26-27,30,33,36,39,42,45-47,49,51-53,55,57-64,66,68-69H2,1-2H3,(H,73,76)/b7-5-,13-11-,19-17-,25-23-,29-28-,32-31-,35-34-,38-37-,41-40-,44-43-,50-48-,56-54-,67-65+. The van der Waals surface area contributed by atoms with Crippen LogP contribution in [0.25, 0.3) is 0 Å². The highest BCUT2D eigenvalue weighted by Gasteiger charge is 2.18. The van der Waals surface area contributed by atoms with Gasteiger partial charge >= 0.3 is 0 Å². The van der Waals surface area contributed by atoms with Gasteiger partial charge in [0, 0.05) is 6.42 Å². The number of hydrogen-bond donors (Lipinski definition) is 3. The molecule has 2 atom stereocenters. The number of aliphatic hydroxyl groups excluding tert-OH is 2. The number of nitrogens with one attached hydrogen (secondary N) is 1. The molecular formula is C72H119NO3. The van der Waals surface area contributed by atoms with Gasteiger partial charge < -0.3 is 15.5 Å². The van der Waals surface area contributed by atoms with Gasteiger partial charge in [0.25, 0.3) is 0 Å². The number of amides is 1. The van der Waals surface area contributed by atoms with Gasteiger partial charge in [0.1, 0.15) is 0 Å². The maximum absolute atomic E-state index is 12.5. The summed E-state index contributed by atoms with van der Waals surface area (Å²) in [5.74, 6) is -0.0925. The molecule has 3 N–H and O–H groups in total. The number of aliphatic hydroxyl groups is 2. The fourth-order valence-electron chi connectivity index (χ4n) is 8.75. The van der Waals surface area contributed by atoms with Crippen LogP contribution in [0.1, 0.15) is 271 Å². The molecule has 0 saturated carbocycles. The maximum Gasteiger partial charge on any atom is 0.220 e. The summed E-state index contributed by atoms with van der Waals surface area (Å²) in [7, 11) is 0. The van der Waals surface area contributed by atoms with E-state index in [-0.39, 0.29) is 12.5 Å². The first-order valence-electron chi connectivity index (χ1n) is 31.7. The van der Waals surface area contributed by atoms with Gasteiger partial charge in [-0.05, 0) is 109 Å². The average molecular weight is 1050 g/mol. The summed E-state index contributed by atoms with van der Waals surface area (Å²) >= 11 is 0. The Morgan fingerprint density at radius 1 is 0.329 bits per heavy atom. The summed E-state index contributed by atoms with van der Waals surface area (Å²) in [4.78, 5) is 12.5. The Morgan fingerprint density at radius 2 is 0.579 bits per heavy atom. The van der Waals surface area contributed by atoms with E-state index in [0.29, 0.717) is 6.42 Å². The molecule has 0 rings (SSSR count). The zero-order valence-electron chi connectivity index (χ0n) is 49.5. The van der Waals surface area contributed by atoms with Crippen molar-refractivity contribution in [3.63, 3.8) is 0 Å². The summed E-state index contributed by atoms with van der Waals surface area (Å²) in [6.07, 6.45) is 104. The van der Waals surface area contributed by atoms with Crippen molar-refractivity contribution in [2.75, 3.05) is 6.61 Å². The van der Waals surface area contributed by atoms with Crippen molar-refractivity contribution in [1.82, 2.24) is 5.32 Å². The Hall–Kier alpha value is -3.99. The highest BCUT2D eigenvalue weighted by molar-refractivity contribution is 5.76. The quantitative estimate of drug-likeness (QED) is 0.0420. The summed E-state index contributed by atoms with van der Waals surface area (Å²) in [6.45, 7) is 4.19. The van der Waals surface area contributed by atoms with Gasteiger partial charge in [-0.3, -0.25) is 4.79 Å². The molecule has 0 heterocycles. The van der Waals surface area contributed by atoms with Crippen LogP contribution in [0.2, 0.25) is 0 Å². The molecular weight excluding hydrogens is 927 g/mol. The monoisotopic (exact) mass is 1050 g/mol. The molecule has 0 aromatic carbocycles. The number of carbonyl (C=O) groups is 1. The lowest BCUT2D eigenvalue weighted by Gasteiger charge is -2.20. The molecule has 0 aliphatic heterocycles. The molecule has 0 saturated heterocycles. The van der Waals surface area contributed by atoms with Crippen LogP contribution in [0.3, 0.4) is 0 Å². The number of rotatable bonds is 56. The number of carbonyl (C=O) groups excluding carboxylic acids is 1. The van der Waals surface area contributed by atoms with Crippen molar-refractivity contribution in [1.29, 1.82) is 0 Å². The third-order valence-electron chi connectivity index (χ3n) is 13.5. The van der Waals surface area contributed by atoms with Crippen LogP contribution >= 0.6 is 0 Å². The molecule has 0 aromatic rings. The zero-order chi connectivity index (χ0) is 54.8. The van der Waals surface area contributed by atoms with E-state index in [1.807, 2.05) is 6.08 Å². The van der Waals surface area contributed by atoms with Crippen LogP contribution in [-0.4, -0.2) is 34.9 Å². The van der Waals surface area contributed by atoms with Gasteiger partial charge in [-0.1, -0.05) is 313 Å². The molecule has 0 fully saturated rings. The van der Waals surface area contributed by atoms with E-state index in [1.54, 1.807) is 6.08 Å². The molecule has 0 aromatic heterocycles. The van der Waals surface area contributed by atoms with E-state index in [0.717, 1.165) is 122 Å². The Bertz CT molecular complexity index is 1610. The van der Waals surface area contributed by atoms with Gasteiger partial charge in [0.05, 0.1) is 18.8 Å². The summed E-state index contributed by atoms with van der Waals surface area (Å²) in [5, 5.41) is 23.2. The molecule has 4 heteroatoms. The van der Waals surface area contributed by atoms with Crippen LogP contribution in [0, 0.1) is 0 Å². The lowest BCUT2D eigenvalue weighted by Crippen LogP contribution is -2.45. The van der Waals surface area contributed by atoms with Crippen LogP contribution in [0.4, 0.5) is 0 Å². The van der Waals surface area contributed by atoms with E-state index >= 15 is 0 Å². The van der Waals surface area contributed by atoms with Crippen molar-refractivity contribution in [3.8, 4) is 0 Å². The lowest BCUT2D eigenvalue weighted by atomic mass is 10.0. The molecule has 76 heavy (non-hydrogen) atoms. The van der Waals surface area contributed by atoms with Crippen molar-refractivity contribution in [3.05, 3.63) is 158 Å². The Labute approximate surface area is 471 Å². The maximum atomic E-state index is 12.5. The summed E-state index contributed by atoms with van der Waals surface area (Å²) < 4.78 is 0. The predicted octanol–water partition coefficient (Wildman–Crippen LogP) is 21.7. The third kappa shape index (κ3) is 60.9. The van der Waals surface area contributed by atoms with E-state index < -0.39 is 12.1 Å². The van der Waals surface area contributed by atoms with Crippen molar-refractivity contribution in [2.24, 2.45) is 0 Å². The molecule has 1 amide bonds. The third-order valence-corrected chi connectivity index (χ3v) is 13.5. The molecule has 2 unspecified atom stereocenters. The van der Waals surface area contributed by atoms with Gasteiger partial charge in [-0.15, -0.1) is 0 Å². The molecule has 0 aliphatic rings. The summed E-state index contributed by atoms with van der Waals surface area (Å²) in [6, 6.07) is -0.649. The fraction of sp³-hybridized carbons (Fsp3) is 0.625. The van der Waals surface area contributed by atoms with Crippen molar-refractivity contribution < 1.29 is 15.0 Å². The lowest BCUT2D eigenvalue weighted by molar-refractivity contribution is -0.123. The molecule has 0 spiro atoms. The average Bonchev–Trinajstić information content (AvgIpc) is 3.42. The minimum atomic E-state index is -0.863. The predicted molar refractivity (Wildman–Crippen MR) is 340 cm³/mol. The van der Waals surface area contributed by atoms with E-state index in [9.17, 15) is 15.0 Å². The molecule has 0 aliphatic carbocycles. The first kappa shape index (κ1) is 72.0. The minimum Gasteiger partial charge on any atom is -0.394 e. The van der Waals surface area contributed by atoms with Crippen LogP contribution < -0.4 is 5.32 Å². The van der Waals surface area contributed by atoms with Gasteiger partial charge in [0.2, 0.25) is 5.91 Å². The van der Waals surface area contributed by atoms with E-state index in [4.69, 9.17) is 0 Å². The Balaban J connectivity index is 3.68. The highest BCUT2D eigenvalue weighted by Crippen LogP contribution is 2.16. The first-order valence-corrected chi connectivity index (χ1v) is 31.7. The van der Waals surface area contributed by atoms with Gasteiger partial charge in [-0.2, -0.15) is 0 Å². The number of allylic oxidation sites excluding steroid dienone is 25. The Kier molecular flexibility index (Phi) is 61.9. The van der Waals surface area contributed by atoms with Crippen LogP contribution in [0.5, 0.6) is 0 Å². The molecule has 430 valence electrons. The number of unbranched alkanes of at least 4 members (excludes halogenated alkanes) is 25. The summed E-state index contributed by atoms with van der Waals surface area (Å²) in [5.41, 5.74) is 0. The largest absolute Gasteiger partial charge is 0.394 e. The van der Waals surface area contributed by atoms with Crippen LogP contribution in [0.15, 0.2) is 158 Å². The number of hydrogen-bond acceptors (Lipinski definition) is 3. The smallest absolute Gasteiger partial charge is 0.220 e. The zero-order valence-corrected chi connectivity index (χ0v) is 49.5.